The molecule has 0 saturated carbocycles. The van der Waals surface area contributed by atoms with E-state index < -0.39 is 0 Å². The van der Waals surface area contributed by atoms with E-state index >= 15 is 0 Å². The Balaban J connectivity index is 1.77. The number of methoxy groups -OCH3 is 1. The van der Waals surface area contributed by atoms with E-state index in [1.165, 1.54) is 32.4 Å². The number of para-hydroxylation sites is 2. The first-order chi connectivity index (χ1) is 8.40. The maximum atomic E-state index is 5.31. The Labute approximate surface area is 104 Å². The van der Waals surface area contributed by atoms with Crippen LogP contribution in [0.25, 0.3) is 0 Å². The number of benzene rings is 1. The van der Waals surface area contributed by atoms with Gasteiger partial charge in [-0.25, -0.2) is 0 Å². The van der Waals surface area contributed by atoms with Crippen LogP contribution in [0.5, 0.6) is 5.75 Å². The monoisotopic (exact) mass is 234 g/mol. The molecule has 94 valence electrons. The second-order valence-corrected chi connectivity index (χ2v) is 4.63. The average molecular weight is 234 g/mol. The summed E-state index contributed by atoms with van der Waals surface area (Å²) in [6.45, 7) is 3.39. The van der Waals surface area contributed by atoms with Gasteiger partial charge in [0.1, 0.15) is 5.75 Å². The molecule has 0 aliphatic carbocycles. The van der Waals surface area contributed by atoms with E-state index in [1.54, 1.807) is 7.11 Å². The van der Waals surface area contributed by atoms with E-state index in [-0.39, 0.29) is 0 Å². The molecule has 1 atom stereocenters. The first-order valence-electron chi connectivity index (χ1n) is 6.48. The van der Waals surface area contributed by atoms with Gasteiger partial charge in [0, 0.05) is 6.54 Å². The van der Waals surface area contributed by atoms with Crippen molar-refractivity contribution < 1.29 is 4.74 Å². The second-order valence-electron chi connectivity index (χ2n) is 4.63. The van der Waals surface area contributed by atoms with Crippen molar-refractivity contribution in [2.45, 2.75) is 19.3 Å². The Morgan fingerprint density at radius 2 is 2.29 bits per heavy atom. The lowest BCUT2D eigenvalue weighted by atomic mass is 9.96. The summed E-state index contributed by atoms with van der Waals surface area (Å²) in [6.07, 6.45) is 3.91. The number of ether oxygens (including phenoxy) is 1. The van der Waals surface area contributed by atoms with Gasteiger partial charge in [-0.2, -0.15) is 0 Å². The van der Waals surface area contributed by atoms with Gasteiger partial charge in [-0.3, -0.25) is 0 Å². The van der Waals surface area contributed by atoms with Crippen molar-refractivity contribution in [2.75, 3.05) is 32.1 Å². The van der Waals surface area contributed by atoms with E-state index in [1.807, 2.05) is 18.2 Å². The minimum Gasteiger partial charge on any atom is -0.495 e. The summed E-state index contributed by atoms with van der Waals surface area (Å²) in [4.78, 5) is 0. The van der Waals surface area contributed by atoms with Crippen LogP contribution in [0.2, 0.25) is 0 Å². The smallest absolute Gasteiger partial charge is 0.141 e. The predicted octanol–water partition coefficient (Wildman–Crippen LogP) is 2.50. The summed E-state index contributed by atoms with van der Waals surface area (Å²) in [6, 6.07) is 8.09. The maximum Gasteiger partial charge on any atom is 0.141 e. The van der Waals surface area contributed by atoms with Crippen molar-refractivity contribution in [3.05, 3.63) is 24.3 Å². The van der Waals surface area contributed by atoms with Crippen molar-refractivity contribution in [2.24, 2.45) is 5.92 Å². The molecule has 2 N–H and O–H groups in total. The third-order valence-electron chi connectivity index (χ3n) is 3.37. The number of anilines is 1. The molecule has 1 aliphatic heterocycles. The molecule has 0 radical (unpaired) electrons. The third kappa shape index (κ3) is 3.63. The van der Waals surface area contributed by atoms with Crippen molar-refractivity contribution >= 4 is 5.69 Å². The highest BCUT2D eigenvalue weighted by atomic mass is 16.5. The fourth-order valence-electron chi connectivity index (χ4n) is 2.37. The third-order valence-corrected chi connectivity index (χ3v) is 3.37. The second kappa shape index (κ2) is 6.50. The SMILES string of the molecule is COc1ccccc1NCCC1CCCNC1. The number of hydrogen-bond donors (Lipinski definition) is 2. The summed E-state index contributed by atoms with van der Waals surface area (Å²) in [5, 5.41) is 6.91. The zero-order valence-corrected chi connectivity index (χ0v) is 10.5. The van der Waals surface area contributed by atoms with Gasteiger partial charge in [0.2, 0.25) is 0 Å². The number of rotatable bonds is 5. The Kier molecular flexibility index (Phi) is 4.68. The number of nitrogens with one attached hydrogen (secondary N) is 2. The minimum absolute atomic E-state index is 0.825. The lowest BCUT2D eigenvalue weighted by Crippen LogP contribution is -2.30. The Morgan fingerprint density at radius 1 is 1.41 bits per heavy atom. The molecule has 3 nitrogen and oxygen atoms in total. The number of hydrogen-bond acceptors (Lipinski definition) is 3. The summed E-state index contributed by atoms with van der Waals surface area (Å²) in [5.74, 6) is 1.75. The van der Waals surface area contributed by atoms with Crippen molar-refractivity contribution in [3.8, 4) is 5.75 Å². The minimum atomic E-state index is 0.825. The zero-order chi connectivity index (χ0) is 11.9. The standard InChI is InChI=1S/C14H22N2O/c1-17-14-7-3-2-6-13(14)16-10-8-12-5-4-9-15-11-12/h2-3,6-7,12,15-16H,4-5,8-11H2,1H3. The molecule has 3 heteroatoms. The lowest BCUT2D eigenvalue weighted by molar-refractivity contribution is 0.364. The largest absolute Gasteiger partial charge is 0.495 e. The molecule has 1 fully saturated rings. The molecule has 0 spiro atoms. The van der Waals surface area contributed by atoms with Gasteiger partial charge < -0.3 is 15.4 Å². The van der Waals surface area contributed by atoms with Gasteiger partial charge in [0.25, 0.3) is 0 Å². The Bertz CT molecular complexity index is 335. The van der Waals surface area contributed by atoms with Crippen molar-refractivity contribution in [3.63, 3.8) is 0 Å². The van der Waals surface area contributed by atoms with Gasteiger partial charge in [-0.05, 0) is 50.4 Å². The fourth-order valence-corrected chi connectivity index (χ4v) is 2.37. The molecular formula is C14H22N2O. The van der Waals surface area contributed by atoms with Gasteiger partial charge in [0.15, 0.2) is 0 Å². The van der Waals surface area contributed by atoms with Crippen LogP contribution < -0.4 is 15.4 Å². The molecule has 1 unspecified atom stereocenters. The van der Waals surface area contributed by atoms with E-state index in [4.69, 9.17) is 4.74 Å². The molecule has 1 aliphatic rings. The molecule has 1 aromatic carbocycles. The van der Waals surface area contributed by atoms with Gasteiger partial charge in [-0.1, -0.05) is 12.1 Å². The number of piperidine rings is 1. The average Bonchev–Trinajstić information content (AvgIpc) is 2.40. The topological polar surface area (TPSA) is 33.3 Å². The van der Waals surface area contributed by atoms with Crippen molar-refractivity contribution in [1.29, 1.82) is 0 Å². The van der Waals surface area contributed by atoms with E-state index in [9.17, 15) is 0 Å². The van der Waals surface area contributed by atoms with Crippen LogP contribution in [0.1, 0.15) is 19.3 Å². The van der Waals surface area contributed by atoms with Crippen molar-refractivity contribution in [1.82, 2.24) is 5.32 Å². The maximum absolute atomic E-state index is 5.31. The quantitative estimate of drug-likeness (QED) is 0.821. The van der Waals surface area contributed by atoms with Gasteiger partial charge in [-0.15, -0.1) is 0 Å². The molecule has 2 rings (SSSR count). The molecule has 17 heavy (non-hydrogen) atoms. The van der Waals surface area contributed by atoms with Crippen LogP contribution in [0.4, 0.5) is 5.69 Å². The summed E-state index contributed by atoms with van der Waals surface area (Å²) in [5.41, 5.74) is 1.10. The molecule has 1 saturated heterocycles. The zero-order valence-electron chi connectivity index (χ0n) is 10.5. The van der Waals surface area contributed by atoms with E-state index in [2.05, 4.69) is 16.7 Å². The summed E-state index contributed by atoms with van der Waals surface area (Å²) >= 11 is 0. The van der Waals surface area contributed by atoms with Crippen LogP contribution in [-0.2, 0) is 0 Å². The van der Waals surface area contributed by atoms with Crippen LogP contribution >= 0.6 is 0 Å². The normalized spacial score (nSPS) is 19.9. The van der Waals surface area contributed by atoms with E-state index in [0.717, 1.165) is 23.9 Å². The molecule has 0 aromatic heterocycles. The molecule has 1 heterocycles. The first-order valence-corrected chi connectivity index (χ1v) is 6.48. The summed E-state index contributed by atoms with van der Waals surface area (Å²) < 4.78 is 5.31. The highest BCUT2D eigenvalue weighted by Gasteiger charge is 2.12. The van der Waals surface area contributed by atoms with Gasteiger partial charge in [0.05, 0.1) is 12.8 Å². The highest BCUT2D eigenvalue weighted by Crippen LogP contribution is 2.23. The predicted molar refractivity (Wildman–Crippen MR) is 71.7 cm³/mol. The fraction of sp³-hybridized carbons (Fsp3) is 0.571. The van der Waals surface area contributed by atoms with Crippen LogP contribution in [0.3, 0.4) is 0 Å². The van der Waals surface area contributed by atoms with Gasteiger partial charge >= 0.3 is 0 Å². The highest BCUT2D eigenvalue weighted by molar-refractivity contribution is 5.55. The molecule has 1 aromatic rings. The molecule has 0 bridgehead atoms. The first kappa shape index (κ1) is 12.2. The Morgan fingerprint density at radius 3 is 3.06 bits per heavy atom. The summed E-state index contributed by atoms with van der Waals surface area (Å²) in [7, 11) is 1.71. The van der Waals surface area contributed by atoms with Crippen LogP contribution in [0.15, 0.2) is 24.3 Å². The lowest BCUT2D eigenvalue weighted by Gasteiger charge is -2.23. The van der Waals surface area contributed by atoms with E-state index in [0.29, 0.717) is 0 Å². The molecular weight excluding hydrogens is 212 g/mol. The molecule has 0 amide bonds. The Hall–Kier alpha value is -1.22. The van der Waals surface area contributed by atoms with Crippen LogP contribution in [0, 0.1) is 5.92 Å². The van der Waals surface area contributed by atoms with Crippen LogP contribution in [-0.4, -0.2) is 26.7 Å².